The number of nitriles is 7. The Morgan fingerprint density at radius 1 is 0.530 bits per heavy atom. The van der Waals surface area contributed by atoms with E-state index in [0.717, 1.165) is 55.8 Å². The lowest BCUT2D eigenvalue weighted by atomic mass is 9.26. The minimum Gasteiger partial charge on any atom is -0.334 e. The maximum atomic E-state index is 10.5. The maximum absolute atomic E-state index is 10.5. The molecule has 2 heterocycles. The molecule has 0 N–H and O–H groups in total. The van der Waals surface area contributed by atoms with Gasteiger partial charge in [0.05, 0.1) is 51.1 Å². The van der Waals surface area contributed by atoms with Gasteiger partial charge in [-0.05, 0) is 122 Å². The molecule has 2 aliphatic heterocycles. The second-order valence-electron chi connectivity index (χ2n) is 17.3. The molecule has 0 fully saturated rings. The molecule has 0 spiro atoms. The number of nitrogens with zero attached hydrogens (tertiary/aromatic N) is 9. The van der Waals surface area contributed by atoms with Crippen LogP contribution in [0, 0.1) is 106 Å². The highest BCUT2D eigenvalue weighted by molar-refractivity contribution is 6.85. The number of rotatable bonds is 4. The van der Waals surface area contributed by atoms with Crippen molar-refractivity contribution >= 4 is 47.1 Å². The average Bonchev–Trinajstić information content (AvgIpc) is 3.35. The Hall–Kier alpha value is -8.96. The number of para-hydroxylation sites is 2. The van der Waals surface area contributed by atoms with Crippen LogP contribution >= 0.6 is 0 Å². The highest BCUT2D eigenvalue weighted by Gasteiger charge is 2.52. The summed E-state index contributed by atoms with van der Waals surface area (Å²) >= 11 is 0. The molecule has 66 heavy (non-hydrogen) atoms. The van der Waals surface area contributed by atoms with Crippen LogP contribution < -0.4 is 20.7 Å². The molecule has 0 amide bonds. The fraction of sp³-hybridized carbons (Fsp3) is 0.182. The monoisotopic (exact) mass is 845 g/mol. The lowest BCUT2D eigenvalue weighted by Gasteiger charge is -2.50. The predicted molar refractivity (Wildman–Crippen MR) is 257 cm³/mol. The quantitative estimate of drug-likeness (QED) is 0.143. The number of hydrogen-bond donors (Lipinski definition) is 0. The minimum atomic E-state index is -0.408. The van der Waals surface area contributed by atoms with Crippen LogP contribution in [0.5, 0.6) is 0 Å². The first kappa shape index (κ1) is 42.3. The highest BCUT2D eigenvalue weighted by Crippen LogP contribution is 2.52. The molecule has 11 heteroatoms. The third-order valence-electron chi connectivity index (χ3n) is 14.3. The molecule has 0 saturated carbocycles. The molecule has 9 rings (SSSR count). The molecular weight excluding hydrogens is 808 g/mol. The van der Waals surface area contributed by atoms with E-state index in [0.29, 0.717) is 51.8 Å². The fourth-order valence-electron chi connectivity index (χ4n) is 11.6. The first-order valence-electron chi connectivity index (χ1n) is 21.7. The van der Waals surface area contributed by atoms with E-state index in [2.05, 4.69) is 70.4 Å². The Labute approximate surface area is 386 Å². The molecule has 5 aliphatic rings. The SMILES string of the molecule is C#CC1=C(C)C2C(C=C1C#N)B(C1=CC=C(B3c4cc(C#N)c(C#N)c(C)c4N(c4ccccc4)C4C(C)=C(C#N)C(C#N)=CC34)CC1)c1cc(C#N)c(C#N)c(C)c1N2c1ccccc1. The number of anilines is 4. The molecule has 3 aliphatic carbocycles. The van der Waals surface area contributed by atoms with Gasteiger partial charge in [0.2, 0.25) is 13.4 Å². The number of hydrogen-bond acceptors (Lipinski definition) is 9. The first-order valence-corrected chi connectivity index (χ1v) is 21.7. The van der Waals surface area contributed by atoms with Crippen LogP contribution in [0.2, 0.25) is 11.6 Å². The molecule has 0 saturated heterocycles. The summed E-state index contributed by atoms with van der Waals surface area (Å²) in [6.07, 6.45) is 15.5. The van der Waals surface area contributed by atoms with E-state index in [4.69, 9.17) is 6.42 Å². The van der Waals surface area contributed by atoms with Gasteiger partial charge in [0.15, 0.2) is 0 Å². The van der Waals surface area contributed by atoms with E-state index < -0.39 is 6.04 Å². The zero-order valence-corrected chi connectivity index (χ0v) is 36.7. The average molecular weight is 846 g/mol. The van der Waals surface area contributed by atoms with Crippen LogP contribution in [-0.4, -0.2) is 25.5 Å². The van der Waals surface area contributed by atoms with Gasteiger partial charge in [-0.1, -0.05) is 77.6 Å². The summed E-state index contributed by atoms with van der Waals surface area (Å²) in [6.45, 7) is 6.99. The Balaban J connectivity index is 1.30. The molecule has 308 valence electrons. The van der Waals surface area contributed by atoms with Crippen LogP contribution in [-0.2, 0) is 0 Å². The smallest absolute Gasteiger partial charge is 0.216 e. The molecule has 4 aromatic rings. The summed E-state index contributed by atoms with van der Waals surface area (Å²) in [6, 6.07) is 38.9. The summed E-state index contributed by atoms with van der Waals surface area (Å²) in [5.41, 5.74) is 12.9. The van der Waals surface area contributed by atoms with Crippen molar-refractivity contribution in [3.05, 3.63) is 175 Å². The van der Waals surface area contributed by atoms with Crippen LogP contribution in [0.25, 0.3) is 0 Å². The van der Waals surface area contributed by atoms with Crippen LogP contribution in [0.1, 0.15) is 60.1 Å². The number of fused-ring (bicyclic) bond motifs is 4. The van der Waals surface area contributed by atoms with Gasteiger partial charge in [0.1, 0.15) is 42.5 Å². The topological polar surface area (TPSA) is 173 Å². The van der Waals surface area contributed by atoms with Crippen LogP contribution in [0.15, 0.2) is 141 Å². The molecule has 4 atom stereocenters. The van der Waals surface area contributed by atoms with E-state index in [-0.39, 0.29) is 47.8 Å². The lowest BCUT2D eigenvalue weighted by molar-refractivity contribution is 0.709. The minimum absolute atomic E-state index is 0.267. The third-order valence-corrected chi connectivity index (χ3v) is 14.3. The summed E-state index contributed by atoms with van der Waals surface area (Å²) in [5, 5.41) is 73.4. The van der Waals surface area contributed by atoms with E-state index in [1.54, 1.807) is 0 Å². The molecule has 0 bridgehead atoms. The normalized spacial score (nSPS) is 20.3. The number of allylic oxidation sites excluding steroid dienone is 8. The number of terminal acetylenes is 1. The Morgan fingerprint density at radius 3 is 1.29 bits per heavy atom. The second-order valence-corrected chi connectivity index (χ2v) is 17.3. The standard InChI is InChI=1S/C55H37B2N9/c1-6-44-32(2)52-48(21-36(44)25-58)56(49-22-37(26-59)45(29-62)33(3)53(49)65(52)42-13-9-7-10-14-42)40-17-19-41(20-18-40)57-50-23-38(27-60)46(30-63)34(4)54(50)66(43-15-11-8-12-16-43)55-35(5)47(31-64)39(28-61)24-51(55)57/h1,7-17,19,21-24,48,50,52,54H,18,20H2,2-5H3. The second kappa shape index (κ2) is 16.6. The maximum Gasteiger partial charge on any atom is 0.216 e. The van der Waals surface area contributed by atoms with Crippen LogP contribution in [0.4, 0.5) is 22.7 Å². The van der Waals surface area contributed by atoms with Crippen molar-refractivity contribution in [1.29, 1.82) is 36.8 Å². The predicted octanol–water partition coefficient (Wildman–Crippen LogP) is 9.12. The summed E-state index contributed by atoms with van der Waals surface area (Å²) in [4.78, 5) is 4.41. The Morgan fingerprint density at radius 2 is 0.939 bits per heavy atom. The van der Waals surface area contributed by atoms with E-state index >= 15 is 0 Å². The van der Waals surface area contributed by atoms with Crippen molar-refractivity contribution in [1.82, 2.24) is 0 Å². The zero-order chi connectivity index (χ0) is 46.6. The number of benzene rings is 4. The molecule has 9 nitrogen and oxygen atoms in total. The van der Waals surface area contributed by atoms with E-state index in [1.165, 1.54) is 0 Å². The van der Waals surface area contributed by atoms with Gasteiger partial charge in [0, 0.05) is 28.3 Å². The van der Waals surface area contributed by atoms with Gasteiger partial charge in [-0.3, -0.25) is 0 Å². The molecule has 0 aromatic heterocycles. The van der Waals surface area contributed by atoms with Crippen molar-refractivity contribution in [3.8, 4) is 54.8 Å². The van der Waals surface area contributed by atoms with Gasteiger partial charge < -0.3 is 9.80 Å². The lowest BCUT2D eigenvalue weighted by Crippen LogP contribution is -2.57. The van der Waals surface area contributed by atoms with Crippen LogP contribution in [0.3, 0.4) is 0 Å². The van der Waals surface area contributed by atoms with Gasteiger partial charge in [-0.2, -0.15) is 36.8 Å². The van der Waals surface area contributed by atoms with Crippen molar-refractivity contribution in [3.63, 3.8) is 0 Å². The van der Waals surface area contributed by atoms with Crippen molar-refractivity contribution < 1.29 is 0 Å². The summed E-state index contributed by atoms with van der Waals surface area (Å²) < 4.78 is 0. The Bertz CT molecular complexity index is 3160. The van der Waals surface area contributed by atoms with Crippen molar-refractivity contribution in [2.24, 2.45) is 0 Å². The Kier molecular flexibility index (Phi) is 10.7. The fourth-order valence-corrected chi connectivity index (χ4v) is 11.6. The van der Waals surface area contributed by atoms with E-state index in [1.807, 2.05) is 113 Å². The first-order chi connectivity index (χ1) is 32.1. The molecular formula is C55H37B2N9. The van der Waals surface area contributed by atoms with E-state index in [9.17, 15) is 36.8 Å². The van der Waals surface area contributed by atoms with Crippen molar-refractivity contribution in [2.45, 2.75) is 64.3 Å². The summed E-state index contributed by atoms with van der Waals surface area (Å²) in [7, 11) is 0. The zero-order valence-electron chi connectivity index (χ0n) is 36.7. The van der Waals surface area contributed by atoms with Gasteiger partial charge >= 0.3 is 0 Å². The third kappa shape index (κ3) is 6.20. The largest absolute Gasteiger partial charge is 0.334 e. The van der Waals surface area contributed by atoms with Gasteiger partial charge in [0.25, 0.3) is 0 Å². The molecule has 0 radical (unpaired) electrons. The van der Waals surface area contributed by atoms with Gasteiger partial charge in [-0.15, -0.1) is 6.42 Å². The highest BCUT2D eigenvalue weighted by atomic mass is 15.2. The summed E-state index contributed by atoms with van der Waals surface area (Å²) in [5.74, 6) is 2.17. The molecule has 4 unspecified atom stereocenters. The van der Waals surface area contributed by atoms with Gasteiger partial charge in [-0.25, -0.2) is 0 Å². The molecule has 4 aromatic carbocycles. The van der Waals surface area contributed by atoms with Crippen molar-refractivity contribution in [2.75, 3.05) is 9.80 Å².